The SMILES string of the molecule is CN=C(NCc1ccc2c(c1)CCCN2C)NCc1ccco1.I. The summed E-state index contributed by atoms with van der Waals surface area (Å²) >= 11 is 0. The first-order valence-electron chi connectivity index (χ1n) is 8.06. The molecule has 24 heavy (non-hydrogen) atoms. The van der Waals surface area contributed by atoms with Gasteiger partial charge in [-0.2, -0.15) is 0 Å². The van der Waals surface area contributed by atoms with Gasteiger partial charge in [0.1, 0.15) is 5.76 Å². The Labute approximate surface area is 160 Å². The number of guanidine groups is 1. The van der Waals surface area contributed by atoms with Crippen molar-refractivity contribution < 1.29 is 4.42 Å². The molecule has 0 bridgehead atoms. The Hall–Kier alpha value is -1.70. The Morgan fingerprint density at radius 3 is 2.83 bits per heavy atom. The summed E-state index contributed by atoms with van der Waals surface area (Å²) in [6.45, 7) is 2.53. The molecule has 2 aromatic rings. The largest absolute Gasteiger partial charge is 0.467 e. The molecule has 130 valence electrons. The van der Waals surface area contributed by atoms with Crippen LogP contribution in [0, 0.1) is 0 Å². The lowest BCUT2D eigenvalue weighted by Crippen LogP contribution is -2.36. The molecule has 0 amide bonds. The fraction of sp³-hybridized carbons (Fsp3) is 0.389. The molecule has 5 nitrogen and oxygen atoms in total. The van der Waals surface area contributed by atoms with Gasteiger partial charge < -0.3 is 20.0 Å². The summed E-state index contributed by atoms with van der Waals surface area (Å²) < 4.78 is 5.31. The summed E-state index contributed by atoms with van der Waals surface area (Å²) in [4.78, 5) is 6.58. The van der Waals surface area contributed by atoms with Crippen LogP contribution in [-0.4, -0.2) is 26.6 Å². The highest BCUT2D eigenvalue weighted by molar-refractivity contribution is 14.0. The second kappa shape index (κ2) is 8.96. The van der Waals surface area contributed by atoms with Crippen molar-refractivity contribution >= 4 is 35.6 Å². The molecule has 0 saturated heterocycles. The number of halogens is 1. The molecular formula is C18H25IN4O. The van der Waals surface area contributed by atoms with E-state index in [1.54, 1.807) is 13.3 Å². The van der Waals surface area contributed by atoms with Crippen LogP contribution in [-0.2, 0) is 19.5 Å². The van der Waals surface area contributed by atoms with Crippen LogP contribution in [0.15, 0.2) is 46.0 Å². The van der Waals surface area contributed by atoms with Crippen molar-refractivity contribution in [3.05, 3.63) is 53.5 Å². The van der Waals surface area contributed by atoms with Crippen molar-refractivity contribution in [2.75, 3.05) is 25.5 Å². The quantitative estimate of drug-likeness (QED) is 0.436. The fourth-order valence-corrected chi connectivity index (χ4v) is 2.94. The molecule has 3 rings (SSSR count). The molecule has 1 aromatic carbocycles. The number of nitrogens with zero attached hydrogens (tertiary/aromatic N) is 2. The first kappa shape index (κ1) is 18.6. The van der Waals surface area contributed by atoms with E-state index < -0.39 is 0 Å². The van der Waals surface area contributed by atoms with Gasteiger partial charge in [0, 0.05) is 32.9 Å². The fourth-order valence-electron chi connectivity index (χ4n) is 2.94. The third kappa shape index (κ3) is 4.66. The van der Waals surface area contributed by atoms with Crippen LogP contribution in [0.4, 0.5) is 5.69 Å². The third-order valence-electron chi connectivity index (χ3n) is 4.19. The number of anilines is 1. The van der Waals surface area contributed by atoms with Crippen LogP contribution < -0.4 is 15.5 Å². The maximum Gasteiger partial charge on any atom is 0.191 e. The maximum atomic E-state index is 5.31. The highest BCUT2D eigenvalue weighted by Crippen LogP contribution is 2.26. The zero-order valence-corrected chi connectivity index (χ0v) is 16.5. The number of fused-ring (bicyclic) bond motifs is 1. The van der Waals surface area contributed by atoms with Crippen LogP contribution in [0.25, 0.3) is 0 Å². The normalized spacial score (nSPS) is 13.9. The summed E-state index contributed by atoms with van der Waals surface area (Å²) in [5, 5.41) is 6.60. The molecule has 6 heteroatoms. The van der Waals surface area contributed by atoms with E-state index in [0.717, 1.165) is 24.8 Å². The summed E-state index contributed by atoms with van der Waals surface area (Å²) in [5.41, 5.74) is 4.08. The van der Waals surface area contributed by atoms with Crippen molar-refractivity contribution in [2.24, 2.45) is 4.99 Å². The van der Waals surface area contributed by atoms with Crippen LogP contribution >= 0.6 is 24.0 Å². The molecule has 1 aliphatic rings. The van der Waals surface area contributed by atoms with Crippen molar-refractivity contribution in [1.29, 1.82) is 0 Å². The van der Waals surface area contributed by atoms with Gasteiger partial charge in [-0.3, -0.25) is 4.99 Å². The molecule has 1 aromatic heterocycles. The van der Waals surface area contributed by atoms with Gasteiger partial charge in [-0.1, -0.05) is 12.1 Å². The number of furan rings is 1. The zero-order chi connectivity index (χ0) is 16.1. The Balaban J connectivity index is 0.00000208. The Kier molecular flexibility index (Phi) is 6.96. The predicted molar refractivity (Wildman–Crippen MR) is 109 cm³/mol. The van der Waals surface area contributed by atoms with E-state index in [0.29, 0.717) is 6.54 Å². The Bertz CT molecular complexity index is 670. The van der Waals surface area contributed by atoms with Crippen molar-refractivity contribution in [2.45, 2.75) is 25.9 Å². The van der Waals surface area contributed by atoms with Crippen LogP contribution in [0.5, 0.6) is 0 Å². The van der Waals surface area contributed by atoms with Crippen LogP contribution in [0.2, 0.25) is 0 Å². The molecule has 2 N–H and O–H groups in total. The van der Waals surface area contributed by atoms with Gasteiger partial charge in [-0.05, 0) is 42.2 Å². The minimum absolute atomic E-state index is 0. The van der Waals surface area contributed by atoms with Gasteiger partial charge in [-0.25, -0.2) is 0 Å². The molecule has 0 spiro atoms. The molecule has 1 aliphatic heterocycles. The average Bonchev–Trinajstić information content (AvgIpc) is 3.08. The minimum Gasteiger partial charge on any atom is -0.467 e. The van der Waals surface area contributed by atoms with E-state index in [2.05, 4.69) is 45.8 Å². The second-order valence-corrected chi connectivity index (χ2v) is 5.85. The number of nitrogens with one attached hydrogen (secondary N) is 2. The van der Waals surface area contributed by atoms with Crippen LogP contribution in [0.3, 0.4) is 0 Å². The summed E-state index contributed by atoms with van der Waals surface area (Å²) in [6, 6.07) is 10.5. The van der Waals surface area contributed by atoms with E-state index in [1.165, 1.54) is 29.7 Å². The van der Waals surface area contributed by atoms with Gasteiger partial charge in [0.2, 0.25) is 0 Å². The summed E-state index contributed by atoms with van der Waals surface area (Å²) in [5.74, 6) is 1.67. The molecule has 0 radical (unpaired) electrons. The van der Waals surface area contributed by atoms with Crippen molar-refractivity contribution in [1.82, 2.24) is 10.6 Å². The minimum atomic E-state index is 0. The van der Waals surface area contributed by atoms with Gasteiger partial charge in [-0.15, -0.1) is 24.0 Å². The number of aliphatic imine (C=N–C) groups is 1. The highest BCUT2D eigenvalue weighted by Gasteiger charge is 2.13. The maximum absolute atomic E-state index is 5.31. The van der Waals surface area contributed by atoms with E-state index in [9.17, 15) is 0 Å². The number of hydrogen-bond donors (Lipinski definition) is 2. The van der Waals surface area contributed by atoms with Gasteiger partial charge in [0.05, 0.1) is 12.8 Å². The number of aryl methyl sites for hydroxylation is 1. The molecule has 0 saturated carbocycles. The highest BCUT2D eigenvalue weighted by atomic mass is 127. The van der Waals surface area contributed by atoms with Crippen molar-refractivity contribution in [3.63, 3.8) is 0 Å². The molecule has 0 fully saturated rings. The predicted octanol–water partition coefficient (Wildman–Crippen LogP) is 3.15. The first-order valence-corrected chi connectivity index (χ1v) is 8.06. The Morgan fingerprint density at radius 2 is 2.08 bits per heavy atom. The second-order valence-electron chi connectivity index (χ2n) is 5.85. The topological polar surface area (TPSA) is 52.8 Å². The third-order valence-corrected chi connectivity index (χ3v) is 4.19. The smallest absolute Gasteiger partial charge is 0.191 e. The van der Waals surface area contributed by atoms with Gasteiger partial charge in [0.25, 0.3) is 0 Å². The van der Waals surface area contributed by atoms with E-state index in [4.69, 9.17) is 4.42 Å². The van der Waals surface area contributed by atoms with Gasteiger partial charge in [0.15, 0.2) is 5.96 Å². The summed E-state index contributed by atoms with van der Waals surface area (Å²) in [6.07, 6.45) is 4.07. The zero-order valence-electron chi connectivity index (χ0n) is 14.2. The van der Waals surface area contributed by atoms with E-state index >= 15 is 0 Å². The summed E-state index contributed by atoms with van der Waals surface area (Å²) in [7, 11) is 3.94. The average molecular weight is 440 g/mol. The number of rotatable bonds is 4. The lowest BCUT2D eigenvalue weighted by atomic mass is 9.99. The molecule has 2 heterocycles. The molecular weight excluding hydrogens is 415 g/mol. The molecule has 0 atom stereocenters. The number of benzene rings is 1. The monoisotopic (exact) mass is 440 g/mol. The lowest BCUT2D eigenvalue weighted by molar-refractivity contribution is 0.501. The number of hydrogen-bond acceptors (Lipinski definition) is 3. The Morgan fingerprint density at radius 1 is 1.25 bits per heavy atom. The molecule has 0 aliphatic carbocycles. The molecule has 0 unspecified atom stereocenters. The van der Waals surface area contributed by atoms with Crippen molar-refractivity contribution in [3.8, 4) is 0 Å². The van der Waals surface area contributed by atoms with Crippen LogP contribution in [0.1, 0.15) is 23.3 Å². The van der Waals surface area contributed by atoms with E-state index in [1.807, 2.05) is 12.1 Å². The standard InChI is InChI=1S/C18H24N4O.HI/c1-19-18(21-13-16-6-4-10-23-16)20-12-14-7-8-17-15(11-14)5-3-9-22(17)2;/h4,6-8,10-11H,3,5,9,12-13H2,1-2H3,(H2,19,20,21);1H. The van der Waals surface area contributed by atoms with E-state index in [-0.39, 0.29) is 24.0 Å². The first-order chi connectivity index (χ1) is 11.3. The lowest BCUT2D eigenvalue weighted by Gasteiger charge is -2.28. The van der Waals surface area contributed by atoms with Gasteiger partial charge >= 0.3 is 0 Å².